The molecule has 0 atom stereocenters. The van der Waals surface area contributed by atoms with Gasteiger partial charge in [0.25, 0.3) is 0 Å². The molecule has 0 amide bonds. The van der Waals surface area contributed by atoms with E-state index in [1.165, 1.54) is 67.7 Å². The number of carboxylic acid groups (broad SMARTS) is 2. The van der Waals surface area contributed by atoms with E-state index in [1.807, 2.05) is 30.3 Å². The van der Waals surface area contributed by atoms with Gasteiger partial charge in [0.2, 0.25) is 0 Å². The molecule has 0 radical (unpaired) electrons. The molecule has 7 nitrogen and oxygen atoms in total. The molecule has 2 N–H and O–H groups in total. The Morgan fingerprint density at radius 1 is 0.911 bits per heavy atom. The molecule has 0 unspecified atom stereocenters. The van der Waals surface area contributed by atoms with Crippen molar-refractivity contribution < 1.29 is 29.3 Å². The Bertz CT molecular complexity index is 1100. The van der Waals surface area contributed by atoms with Crippen molar-refractivity contribution in [3.63, 3.8) is 0 Å². The smallest absolute Gasteiger partial charge is 0.317 e. The number of hydrogen-bond acceptors (Lipinski definition) is 6. The first-order chi connectivity index (χ1) is 21.7. The van der Waals surface area contributed by atoms with Crippen molar-refractivity contribution in [2.45, 2.75) is 76.5 Å². The van der Waals surface area contributed by atoms with Gasteiger partial charge >= 0.3 is 11.9 Å². The molecule has 0 aromatic heterocycles. The standard InChI is InChI=1S/C20H33NS.C13H16O6.2C2H2/c1-5-7-12-20(13-8-6-2)14-11-17-15-18(21(3)4)9-10-19(17)22-16-20;14-12(15)11(13(16)17)6-7-18-8-9-19-10-4-2-1-3-5-10;2*1-2/h9-10,15H,5-8,11-14,16H2,1-4H3;1-5,11H,6-9H2,(H,14,15)(H,16,17);2*1-2H. The number of anilines is 1. The minimum atomic E-state index is -1.42. The van der Waals surface area contributed by atoms with Gasteiger partial charge < -0.3 is 24.6 Å². The zero-order valence-corrected chi connectivity index (χ0v) is 28.4. The molecule has 1 heterocycles. The van der Waals surface area contributed by atoms with Crippen LogP contribution in [0.2, 0.25) is 0 Å². The minimum Gasteiger partial charge on any atom is -0.491 e. The molecule has 3 rings (SSSR count). The van der Waals surface area contributed by atoms with Crippen molar-refractivity contribution in [2.75, 3.05) is 44.6 Å². The highest BCUT2D eigenvalue weighted by molar-refractivity contribution is 7.99. The van der Waals surface area contributed by atoms with Gasteiger partial charge in [0.05, 0.1) is 6.61 Å². The maximum atomic E-state index is 10.6. The number of fused-ring (bicyclic) bond motifs is 1. The molecule has 0 aliphatic carbocycles. The van der Waals surface area contributed by atoms with Gasteiger partial charge in [-0.15, -0.1) is 37.5 Å². The summed E-state index contributed by atoms with van der Waals surface area (Å²) in [5, 5.41) is 17.3. The number of rotatable bonds is 16. The number of aliphatic carboxylic acids is 2. The predicted octanol–water partition coefficient (Wildman–Crippen LogP) is 7.91. The van der Waals surface area contributed by atoms with Gasteiger partial charge in [-0.2, -0.15) is 0 Å². The highest BCUT2D eigenvalue weighted by Crippen LogP contribution is 2.45. The van der Waals surface area contributed by atoms with E-state index in [-0.39, 0.29) is 19.6 Å². The summed E-state index contributed by atoms with van der Waals surface area (Å²) in [4.78, 5) is 24.9. The lowest BCUT2D eigenvalue weighted by molar-refractivity contribution is -0.155. The molecule has 2 aromatic rings. The number of carbonyl (C=O) groups is 2. The van der Waals surface area contributed by atoms with Crippen LogP contribution >= 0.6 is 11.8 Å². The first-order valence-corrected chi connectivity index (χ1v) is 16.5. The number of terminal acetylenes is 2. The highest BCUT2D eigenvalue weighted by Gasteiger charge is 2.31. The Kier molecular flexibility index (Phi) is 22.7. The monoisotopic (exact) mass is 639 g/mol. The number of thioether (sulfide) groups is 1. The zero-order chi connectivity index (χ0) is 34.1. The van der Waals surface area contributed by atoms with Crippen molar-refractivity contribution in [3.8, 4) is 31.4 Å². The maximum Gasteiger partial charge on any atom is 0.317 e. The topological polar surface area (TPSA) is 96.3 Å². The lowest BCUT2D eigenvalue weighted by atomic mass is 9.75. The molecule has 248 valence electrons. The summed E-state index contributed by atoms with van der Waals surface area (Å²) in [6.45, 7) is 5.34. The number of unbranched alkanes of at least 4 members (excludes halogenated alkanes) is 2. The fourth-order valence-corrected chi connectivity index (χ4v) is 6.30. The van der Waals surface area contributed by atoms with Crippen molar-refractivity contribution in [1.82, 2.24) is 0 Å². The summed E-state index contributed by atoms with van der Waals surface area (Å²) in [6.07, 6.45) is 26.9. The molecule has 8 heteroatoms. The van der Waals surface area contributed by atoms with E-state index < -0.39 is 17.9 Å². The SMILES string of the molecule is C#C.C#C.CCCCC1(CCCC)CCc2cc(N(C)C)ccc2SC1.O=C(O)C(CCOCCOc1ccccc1)C(=O)O. The van der Waals surface area contributed by atoms with Crippen LogP contribution in [0.5, 0.6) is 5.75 Å². The Morgan fingerprint density at radius 2 is 1.51 bits per heavy atom. The van der Waals surface area contributed by atoms with E-state index in [0.717, 1.165) is 5.75 Å². The quantitative estimate of drug-likeness (QED) is 0.109. The molecular weight excluding hydrogens is 586 g/mol. The number of hydrogen-bond donors (Lipinski definition) is 2. The van der Waals surface area contributed by atoms with Crippen LogP contribution in [0.3, 0.4) is 0 Å². The summed E-state index contributed by atoms with van der Waals surface area (Å²) >= 11 is 2.12. The van der Waals surface area contributed by atoms with E-state index in [9.17, 15) is 9.59 Å². The number of para-hydroxylation sites is 1. The van der Waals surface area contributed by atoms with Gasteiger partial charge in [0.15, 0.2) is 5.92 Å². The number of aryl methyl sites for hydroxylation is 1. The first-order valence-electron chi connectivity index (χ1n) is 15.5. The van der Waals surface area contributed by atoms with Gasteiger partial charge in [0.1, 0.15) is 12.4 Å². The van der Waals surface area contributed by atoms with Crippen LogP contribution < -0.4 is 9.64 Å². The van der Waals surface area contributed by atoms with Gasteiger partial charge in [-0.25, -0.2) is 0 Å². The minimum absolute atomic E-state index is 0.0595. The van der Waals surface area contributed by atoms with Crippen LogP contribution in [0.4, 0.5) is 5.69 Å². The van der Waals surface area contributed by atoms with Gasteiger partial charge in [-0.3, -0.25) is 9.59 Å². The van der Waals surface area contributed by atoms with Gasteiger partial charge in [-0.05, 0) is 73.4 Å². The van der Waals surface area contributed by atoms with Crippen LogP contribution in [0, 0.1) is 37.0 Å². The van der Waals surface area contributed by atoms with Crippen LogP contribution in [0.15, 0.2) is 53.4 Å². The molecule has 0 saturated heterocycles. The number of benzene rings is 2. The summed E-state index contributed by atoms with van der Waals surface area (Å²) in [7, 11) is 4.27. The van der Waals surface area contributed by atoms with Crippen molar-refractivity contribution in [2.24, 2.45) is 11.3 Å². The maximum absolute atomic E-state index is 10.6. The summed E-state index contributed by atoms with van der Waals surface area (Å²) in [5.41, 5.74) is 3.49. The Balaban J connectivity index is 0.000000782. The Morgan fingerprint density at radius 3 is 2.04 bits per heavy atom. The second kappa shape index (κ2) is 24.7. The second-order valence-corrected chi connectivity index (χ2v) is 12.0. The fourth-order valence-electron chi connectivity index (χ4n) is 4.90. The van der Waals surface area contributed by atoms with Crippen LogP contribution in [0.25, 0.3) is 0 Å². The molecular formula is C37H53NO6S. The van der Waals surface area contributed by atoms with Gasteiger partial charge in [-0.1, -0.05) is 57.7 Å². The summed E-state index contributed by atoms with van der Waals surface area (Å²) < 4.78 is 10.5. The van der Waals surface area contributed by atoms with E-state index in [2.05, 4.69) is 88.5 Å². The van der Waals surface area contributed by atoms with E-state index >= 15 is 0 Å². The molecule has 0 saturated carbocycles. The summed E-state index contributed by atoms with van der Waals surface area (Å²) in [5.74, 6) is -2.08. The predicted molar refractivity (Wildman–Crippen MR) is 187 cm³/mol. The van der Waals surface area contributed by atoms with Crippen LogP contribution in [0.1, 0.15) is 70.8 Å². The van der Waals surface area contributed by atoms with Crippen LogP contribution in [-0.4, -0.2) is 61.8 Å². The molecule has 0 spiro atoms. The molecule has 2 aromatic carbocycles. The van der Waals surface area contributed by atoms with E-state index in [0.29, 0.717) is 12.0 Å². The highest BCUT2D eigenvalue weighted by atomic mass is 32.2. The Labute approximate surface area is 276 Å². The van der Waals surface area contributed by atoms with Crippen molar-refractivity contribution in [3.05, 3.63) is 54.1 Å². The third kappa shape index (κ3) is 16.3. The van der Waals surface area contributed by atoms with Crippen molar-refractivity contribution in [1.29, 1.82) is 0 Å². The average molecular weight is 640 g/mol. The molecule has 0 bridgehead atoms. The lowest BCUT2D eigenvalue weighted by Gasteiger charge is -2.32. The number of ether oxygens (including phenoxy) is 2. The zero-order valence-electron chi connectivity index (χ0n) is 27.6. The Hall–Kier alpha value is -3.59. The van der Waals surface area contributed by atoms with E-state index in [4.69, 9.17) is 19.7 Å². The number of nitrogens with zero attached hydrogens (tertiary/aromatic N) is 1. The van der Waals surface area contributed by atoms with Crippen LogP contribution in [-0.2, 0) is 20.7 Å². The largest absolute Gasteiger partial charge is 0.491 e. The molecule has 1 aliphatic rings. The molecule has 45 heavy (non-hydrogen) atoms. The average Bonchev–Trinajstić information content (AvgIpc) is 3.24. The lowest BCUT2D eigenvalue weighted by Crippen LogP contribution is -2.25. The molecule has 1 aliphatic heterocycles. The number of carboxylic acids is 2. The van der Waals surface area contributed by atoms with Crippen molar-refractivity contribution >= 4 is 29.4 Å². The van der Waals surface area contributed by atoms with Gasteiger partial charge in [0, 0.05) is 37.0 Å². The van der Waals surface area contributed by atoms with E-state index in [1.54, 1.807) is 5.56 Å². The third-order valence-corrected chi connectivity index (χ3v) is 8.99. The fraction of sp³-hybridized carbons (Fsp3) is 0.514. The first kappa shape index (κ1) is 41.4. The molecule has 0 fully saturated rings. The summed E-state index contributed by atoms with van der Waals surface area (Å²) in [6, 6.07) is 16.2. The normalized spacial score (nSPS) is 12.7. The second-order valence-electron chi connectivity index (χ2n) is 11.0. The third-order valence-electron chi connectivity index (χ3n) is 7.53.